The third-order valence-electron chi connectivity index (χ3n) is 4.62. The van der Waals surface area contributed by atoms with E-state index in [0.29, 0.717) is 12.3 Å². The zero-order valence-corrected chi connectivity index (χ0v) is 16.5. The van der Waals surface area contributed by atoms with Crippen LogP contribution in [0.4, 0.5) is 0 Å². The van der Waals surface area contributed by atoms with Crippen LogP contribution in [-0.4, -0.2) is 24.4 Å². The van der Waals surface area contributed by atoms with Crippen molar-refractivity contribution in [2.45, 2.75) is 59.9 Å². The van der Waals surface area contributed by atoms with Crippen LogP contribution in [0.3, 0.4) is 0 Å². The molecule has 4 nitrogen and oxygen atoms in total. The summed E-state index contributed by atoms with van der Waals surface area (Å²) in [5, 5.41) is 5.99. The zero-order valence-electron chi connectivity index (χ0n) is 15.4. The van der Waals surface area contributed by atoms with Crippen molar-refractivity contribution in [1.82, 2.24) is 10.6 Å². The van der Waals surface area contributed by atoms with Crippen LogP contribution in [0.5, 0.6) is 0 Å². The van der Waals surface area contributed by atoms with E-state index >= 15 is 0 Å². The van der Waals surface area contributed by atoms with Gasteiger partial charge in [-0.3, -0.25) is 15.7 Å². The maximum absolute atomic E-state index is 12.4. The van der Waals surface area contributed by atoms with Crippen molar-refractivity contribution >= 4 is 11.8 Å². The van der Waals surface area contributed by atoms with Gasteiger partial charge < -0.3 is 17.2 Å². The van der Waals surface area contributed by atoms with Gasteiger partial charge in [0.05, 0.1) is 0 Å². The second kappa shape index (κ2) is 10.7. The molecule has 5 heteroatoms. The van der Waals surface area contributed by atoms with E-state index in [0.717, 1.165) is 30.5 Å². The summed E-state index contributed by atoms with van der Waals surface area (Å²) in [4.78, 5) is 24.2. The molecule has 1 aliphatic heterocycles. The number of carbonyl (C=O) groups is 2. The van der Waals surface area contributed by atoms with Gasteiger partial charge >= 0.3 is 0 Å². The Kier molecular flexibility index (Phi) is 10.2. The molecule has 1 aliphatic rings. The first kappa shape index (κ1) is 22.9. The Bertz CT molecular complexity index is 482. The molecule has 0 spiro atoms. The van der Waals surface area contributed by atoms with Gasteiger partial charge in [0.15, 0.2) is 0 Å². The van der Waals surface area contributed by atoms with Crippen LogP contribution in [0.25, 0.3) is 0 Å². The Balaban J connectivity index is 0.00000529. The molecule has 1 fully saturated rings. The molecule has 1 radical (unpaired) electrons. The predicted molar refractivity (Wildman–Crippen MR) is 93.5 cm³/mol. The minimum atomic E-state index is -0.0461. The Morgan fingerprint density at radius 2 is 2.00 bits per heavy atom. The number of allylic oxidation sites excluding steroid dienone is 1. The second-order valence-corrected chi connectivity index (χ2v) is 7.20. The van der Waals surface area contributed by atoms with E-state index in [4.69, 9.17) is 6.58 Å². The van der Waals surface area contributed by atoms with Gasteiger partial charge in [-0.05, 0) is 51.9 Å². The predicted octanol–water partition coefficient (Wildman–Crippen LogP) is 3.00. The third kappa shape index (κ3) is 6.81. The molecule has 0 aromatic heterocycles. The fourth-order valence-electron chi connectivity index (χ4n) is 2.93. The molecular formula is C19H31CoN2O2-. The molecule has 0 unspecified atom stereocenters. The molecule has 1 heterocycles. The standard InChI is InChI=1S/C19H31N2O2.Co/c1-7-15(11-16-8-9-20-19(16)23)17(10-12(2)3)21-18(22)14(6)13(4)5;/h1,7,12,15-17H,8-11H2,2-6H3,(H,20,23)(H,21,22);/q-1;/t15-,16+,17+;/m1./s1. The van der Waals surface area contributed by atoms with Crippen LogP contribution in [0.2, 0.25) is 0 Å². The summed E-state index contributed by atoms with van der Waals surface area (Å²) >= 11 is 0. The van der Waals surface area contributed by atoms with Gasteiger partial charge in [0.1, 0.15) is 0 Å². The summed E-state index contributed by atoms with van der Waals surface area (Å²) in [5.74, 6) is 0.494. The van der Waals surface area contributed by atoms with Crippen molar-refractivity contribution in [2.24, 2.45) is 17.8 Å². The van der Waals surface area contributed by atoms with Crippen molar-refractivity contribution in [3.63, 3.8) is 0 Å². The van der Waals surface area contributed by atoms with Gasteiger partial charge in [-0.25, -0.2) is 0 Å². The van der Waals surface area contributed by atoms with Crippen LogP contribution < -0.4 is 10.6 Å². The summed E-state index contributed by atoms with van der Waals surface area (Å²) < 4.78 is 0. The monoisotopic (exact) mass is 378 g/mol. The van der Waals surface area contributed by atoms with E-state index in [1.807, 2.05) is 20.8 Å². The van der Waals surface area contributed by atoms with E-state index < -0.39 is 0 Å². The zero-order chi connectivity index (χ0) is 17.6. The number of carbonyl (C=O) groups excluding carboxylic acids is 2. The summed E-state index contributed by atoms with van der Waals surface area (Å²) in [6.07, 6.45) is 4.03. The van der Waals surface area contributed by atoms with Crippen molar-refractivity contribution in [2.75, 3.05) is 6.54 Å². The Hall–Kier alpha value is -1.07. The van der Waals surface area contributed by atoms with Gasteiger partial charge in [0, 0.05) is 40.9 Å². The molecule has 1 rings (SSSR count). The smallest absolute Gasteiger partial charge is 0.247 e. The van der Waals surface area contributed by atoms with Crippen LogP contribution in [0.1, 0.15) is 53.9 Å². The largest absolute Gasteiger partial charge is 0.518 e. The van der Waals surface area contributed by atoms with E-state index in [2.05, 4.69) is 24.5 Å². The maximum atomic E-state index is 12.4. The fourth-order valence-corrected chi connectivity index (χ4v) is 2.93. The molecule has 2 N–H and O–H groups in total. The van der Waals surface area contributed by atoms with E-state index in [-0.39, 0.29) is 46.5 Å². The van der Waals surface area contributed by atoms with Gasteiger partial charge in [-0.1, -0.05) is 19.4 Å². The van der Waals surface area contributed by atoms with E-state index in [1.54, 1.807) is 6.08 Å². The average molecular weight is 378 g/mol. The molecule has 3 atom stereocenters. The summed E-state index contributed by atoms with van der Waals surface area (Å²) in [5.41, 5.74) is 1.75. The first-order chi connectivity index (χ1) is 10.8. The van der Waals surface area contributed by atoms with Gasteiger partial charge in [0.2, 0.25) is 11.8 Å². The number of hydrogen-bond acceptors (Lipinski definition) is 2. The number of nitrogens with one attached hydrogen (secondary N) is 2. The third-order valence-corrected chi connectivity index (χ3v) is 4.62. The topological polar surface area (TPSA) is 58.2 Å². The van der Waals surface area contributed by atoms with Crippen LogP contribution >= 0.6 is 0 Å². The number of rotatable bonds is 8. The molecule has 0 bridgehead atoms. The fraction of sp³-hybridized carbons (Fsp3) is 0.684. The first-order valence-corrected chi connectivity index (χ1v) is 8.54. The van der Waals surface area contributed by atoms with Crippen molar-refractivity contribution in [3.05, 3.63) is 23.8 Å². The van der Waals surface area contributed by atoms with E-state index in [9.17, 15) is 9.59 Å². The van der Waals surface area contributed by atoms with Crippen molar-refractivity contribution < 1.29 is 26.4 Å². The summed E-state index contributed by atoms with van der Waals surface area (Å²) in [7, 11) is 0. The molecule has 2 amide bonds. The van der Waals surface area contributed by atoms with E-state index in [1.165, 1.54) is 0 Å². The second-order valence-electron chi connectivity index (χ2n) is 7.20. The Morgan fingerprint density at radius 3 is 2.42 bits per heavy atom. The Morgan fingerprint density at radius 1 is 1.38 bits per heavy atom. The SMILES string of the molecule is [CH-]=C[C@H](C[C@@H]1CCNC1=O)[C@H](CC(C)C)NC(=O)C(C)=C(C)C.[Co]. The number of hydrogen-bond donors (Lipinski definition) is 2. The van der Waals surface area contributed by atoms with Crippen LogP contribution in [-0.2, 0) is 26.4 Å². The summed E-state index contributed by atoms with van der Waals surface area (Å²) in [6.45, 7) is 16.6. The van der Waals surface area contributed by atoms with Crippen molar-refractivity contribution in [3.8, 4) is 0 Å². The van der Waals surface area contributed by atoms with Gasteiger partial charge in [-0.2, -0.15) is 0 Å². The minimum absolute atomic E-state index is 0. The molecule has 0 saturated carbocycles. The van der Waals surface area contributed by atoms with Gasteiger partial charge in [-0.15, -0.1) is 0 Å². The molecular weight excluding hydrogens is 347 g/mol. The first-order valence-electron chi connectivity index (χ1n) is 8.54. The number of amides is 2. The maximum Gasteiger partial charge on any atom is 0.247 e. The van der Waals surface area contributed by atoms with Gasteiger partial charge in [0.25, 0.3) is 0 Å². The molecule has 0 aromatic carbocycles. The quantitative estimate of drug-likeness (QED) is 0.504. The van der Waals surface area contributed by atoms with Crippen molar-refractivity contribution in [1.29, 1.82) is 0 Å². The minimum Gasteiger partial charge on any atom is -0.518 e. The molecule has 139 valence electrons. The molecule has 0 aromatic rings. The average Bonchev–Trinajstić information content (AvgIpc) is 2.87. The molecule has 24 heavy (non-hydrogen) atoms. The summed E-state index contributed by atoms with van der Waals surface area (Å²) in [6, 6.07) is -0.0461. The van der Waals surface area contributed by atoms with Crippen LogP contribution in [0, 0.1) is 24.3 Å². The molecule has 1 saturated heterocycles. The van der Waals surface area contributed by atoms with Crippen LogP contribution in [0.15, 0.2) is 17.2 Å². The Labute approximate surface area is 157 Å². The molecule has 0 aliphatic carbocycles. The normalized spacial score (nSPS) is 19.1.